The monoisotopic (exact) mass is 271 g/mol. The summed E-state index contributed by atoms with van der Waals surface area (Å²) in [5.41, 5.74) is 0. The molecule has 0 aromatic carbocycles. The van der Waals surface area contributed by atoms with Gasteiger partial charge >= 0.3 is 12.0 Å². The summed E-state index contributed by atoms with van der Waals surface area (Å²) < 4.78 is 0. The lowest BCUT2D eigenvalue weighted by Crippen LogP contribution is -2.47. The van der Waals surface area contributed by atoms with Crippen molar-refractivity contribution in [2.75, 3.05) is 40.3 Å². The predicted octanol–water partition coefficient (Wildman–Crippen LogP) is 0.834. The number of urea groups is 1. The SMILES string of the molecule is CNCC1CCCN(C(=O)N(C)CCCC(=O)O)C1. The molecule has 6 heteroatoms. The quantitative estimate of drug-likeness (QED) is 0.750. The molecule has 1 saturated heterocycles. The molecule has 1 atom stereocenters. The van der Waals surface area contributed by atoms with Crippen LogP contribution in [0.2, 0.25) is 0 Å². The number of hydrogen-bond donors (Lipinski definition) is 2. The third-order valence-corrected chi connectivity index (χ3v) is 3.49. The molecule has 0 radical (unpaired) electrons. The molecule has 1 rings (SSSR count). The maximum absolute atomic E-state index is 12.2. The summed E-state index contributed by atoms with van der Waals surface area (Å²) in [7, 11) is 3.67. The second-order valence-electron chi connectivity index (χ2n) is 5.21. The summed E-state index contributed by atoms with van der Waals surface area (Å²) in [5, 5.41) is 11.7. The normalized spacial score (nSPS) is 19.3. The van der Waals surface area contributed by atoms with Gasteiger partial charge in [-0.1, -0.05) is 0 Å². The zero-order valence-electron chi connectivity index (χ0n) is 11.9. The summed E-state index contributed by atoms with van der Waals surface area (Å²) in [6.07, 6.45) is 2.82. The molecule has 0 aliphatic carbocycles. The van der Waals surface area contributed by atoms with E-state index in [0.29, 0.717) is 18.9 Å². The number of piperidine rings is 1. The number of carbonyl (C=O) groups excluding carboxylic acids is 1. The fourth-order valence-corrected chi connectivity index (χ4v) is 2.50. The van der Waals surface area contributed by atoms with E-state index in [1.165, 1.54) is 0 Å². The van der Waals surface area contributed by atoms with Crippen LogP contribution in [0.25, 0.3) is 0 Å². The van der Waals surface area contributed by atoms with Gasteiger partial charge in [0.05, 0.1) is 0 Å². The molecular formula is C13H25N3O3. The summed E-state index contributed by atoms with van der Waals surface area (Å²) >= 11 is 0. The van der Waals surface area contributed by atoms with Gasteiger partial charge in [-0.05, 0) is 38.8 Å². The van der Waals surface area contributed by atoms with Crippen LogP contribution >= 0.6 is 0 Å². The van der Waals surface area contributed by atoms with E-state index in [4.69, 9.17) is 5.11 Å². The average molecular weight is 271 g/mol. The molecule has 1 unspecified atom stereocenters. The predicted molar refractivity (Wildman–Crippen MR) is 73.1 cm³/mol. The highest BCUT2D eigenvalue weighted by Crippen LogP contribution is 2.17. The molecule has 1 fully saturated rings. The Morgan fingerprint density at radius 2 is 2.21 bits per heavy atom. The van der Waals surface area contributed by atoms with E-state index >= 15 is 0 Å². The van der Waals surface area contributed by atoms with Gasteiger partial charge in [0.25, 0.3) is 0 Å². The Balaban J connectivity index is 2.36. The van der Waals surface area contributed by atoms with Crippen molar-refractivity contribution in [1.82, 2.24) is 15.1 Å². The summed E-state index contributed by atoms with van der Waals surface area (Å²) in [6, 6.07) is 0.0196. The fraction of sp³-hybridized carbons (Fsp3) is 0.846. The molecule has 0 bridgehead atoms. The average Bonchev–Trinajstić information content (AvgIpc) is 2.38. The number of likely N-dealkylation sites (tertiary alicyclic amines) is 1. The van der Waals surface area contributed by atoms with Crippen LogP contribution in [-0.4, -0.2) is 67.2 Å². The van der Waals surface area contributed by atoms with Crippen molar-refractivity contribution in [1.29, 1.82) is 0 Å². The minimum absolute atomic E-state index is 0.0196. The Kier molecular flexibility index (Phi) is 6.62. The Hall–Kier alpha value is -1.30. The number of carboxylic acid groups (broad SMARTS) is 1. The van der Waals surface area contributed by atoms with Crippen LogP contribution in [0.5, 0.6) is 0 Å². The fourth-order valence-electron chi connectivity index (χ4n) is 2.50. The Morgan fingerprint density at radius 1 is 1.47 bits per heavy atom. The van der Waals surface area contributed by atoms with Crippen molar-refractivity contribution >= 4 is 12.0 Å². The van der Waals surface area contributed by atoms with Gasteiger partial charge in [0.15, 0.2) is 0 Å². The standard InChI is InChI=1S/C13H25N3O3/c1-14-9-11-5-3-8-16(10-11)13(19)15(2)7-4-6-12(17)18/h11,14H,3-10H2,1-2H3,(H,17,18). The Morgan fingerprint density at radius 3 is 2.84 bits per heavy atom. The first-order valence-electron chi connectivity index (χ1n) is 6.91. The van der Waals surface area contributed by atoms with Crippen molar-refractivity contribution in [3.8, 4) is 0 Å². The summed E-state index contributed by atoms with van der Waals surface area (Å²) in [5.74, 6) is -0.289. The first-order valence-corrected chi connectivity index (χ1v) is 6.91. The zero-order chi connectivity index (χ0) is 14.3. The highest BCUT2D eigenvalue weighted by molar-refractivity contribution is 5.74. The molecule has 0 aromatic rings. The lowest BCUT2D eigenvalue weighted by molar-refractivity contribution is -0.137. The van der Waals surface area contributed by atoms with Crippen LogP contribution in [0.3, 0.4) is 0 Å². The van der Waals surface area contributed by atoms with E-state index in [1.54, 1.807) is 11.9 Å². The molecular weight excluding hydrogens is 246 g/mol. The maximum Gasteiger partial charge on any atom is 0.319 e. The summed E-state index contributed by atoms with van der Waals surface area (Å²) in [4.78, 5) is 26.2. The van der Waals surface area contributed by atoms with Crippen LogP contribution in [0, 0.1) is 5.92 Å². The van der Waals surface area contributed by atoms with E-state index in [0.717, 1.165) is 32.5 Å². The summed E-state index contributed by atoms with van der Waals surface area (Å²) in [6.45, 7) is 3.04. The van der Waals surface area contributed by atoms with Gasteiger partial charge in [-0.2, -0.15) is 0 Å². The highest BCUT2D eigenvalue weighted by Gasteiger charge is 2.25. The van der Waals surface area contributed by atoms with Crippen molar-refractivity contribution in [3.05, 3.63) is 0 Å². The van der Waals surface area contributed by atoms with E-state index in [-0.39, 0.29) is 12.5 Å². The lowest BCUT2D eigenvalue weighted by Gasteiger charge is -2.35. The van der Waals surface area contributed by atoms with Gasteiger partial charge < -0.3 is 20.2 Å². The number of nitrogens with one attached hydrogen (secondary N) is 1. The number of aliphatic carboxylic acids is 1. The molecule has 110 valence electrons. The van der Waals surface area contributed by atoms with Crippen LogP contribution in [-0.2, 0) is 4.79 Å². The molecule has 1 aliphatic heterocycles. The van der Waals surface area contributed by atoms with Crippen LogP contribution in [0.4, 0.5) is 4.79 Å². The molecule has 19 heavy (non-hydrogen) atoms. The van der Waals surface area contributed by atoms with Crippen LogP contribution in [0.15, 0.2) is 0 Å². The van der Waals surface area contributed by atoms with Gasteiger partial charge in [0.1, 0.15) is 0 Å². The van der Waals surface area contributed by atoms with Crippen molar-refractivity contribution in [2.45, 2.75) is 25.7 Å². The maximum atomic E-state index is 12.2. The number of carboxylic acids is 1. The van der Waals surface area contributed by atoms with Crippen molar-refractivity contribution in [3.63, 3.8) is 0 Å². The second-order valence-corrected chi connectivity index (χ2v) is 5.21. The Bertz CT molecular complexity index is 308. The van der Waals surface area contributed by atoms with Crippen LogP contribution in [0.1, 0.15) is 25.7 Å². The smallest absolute Gasteiger partial charge is 0.319 e. The van der Waals surface area contributed by atoms with Gasteiger partial charge in [-0.15, -0.1) is 0 Å². The first-order chi connectivity index (χ1) is 9.04. The van der Waals surface area contributed by atoms with E-state index in [2.05, 4.69) is 5.32 Å². The topological polar surface area (TPSA) is 72.9 Å². The Labute approximate surface area is 114 Å². The van der Waals surface area contributed by atoms with Crippen LogP contribution < -0.4 is 5.32 Å². The van der Waals surface area contributed by atoms with E-state index in [1.807, 2.05) is 11.9 Å². The van der Waals surface area contributed by atoms with Gasteiger partial charge in [0, 0.05) is 33.1 Å². The number of amides is 2. The van der Waals surface area contributed by atoms with Crippen molar-refractivity contribution < 1.29 is 14.7 Å². The minimum atomic E-state index is -0.812. The molecule has 2 N–H and O–H groups in total. The van der Waals surface area contributed by atoms with Gasteiger partial charge in [-0.3, -0.25) is 4.79 Å². The highest BCUT2D eigenvalue weighted by atomic mass is 16.4. The van der Waals surface area contributed by atoms with Gasteiger partial charge in [0.2, 0.25) is 0 Å². The molecule has 2 amide bonds. The number of rotatable bonds is 6. The molecule has 0 saturated carbocycles. The zero-order valence-corrected chi connectivity index (χ0v) is 11.9. The van der Waals surface area contributed by atoms with Gasteiger partial charge in [-0.25, -0.2) is 4.79 Å². The molecule has 0 spiro atoms. The number of nitrogens with zero attached hydrogens (tertiary/aromatic N) is 2. The van der Waals surface area contributed by atoms with E-state index in [9.17, 15) is 9.59 Å². The third kappa shape index (κ3) is 5.46. The van der Waals surface area contributed by atoms with Crippen molar-refractivity contribution in [2.24, 2.45) is 5.92 Å². The minimum Gasteiger partial charge on any atom is -0.481 e. The molecule has 1 heterocycles. The second kappa shape index (κ2) is 7.99. The molecule has 0 aromatic heterocycles. The number of hydrogen-bond acceptors (Lipinski definition) is 3. The lowest BCUT2D eigenvalue weighted by atomic mass is 9.98. The largest absolute Gasteiger partial charge is 0.481 e. The molecule has 6 nitrogen and oxygen atoms in total. The van der Waals surface area contributed by atoms with E-state index < -0.39 is 5.97 Å². The molecule has 1 aliphatic rings. The first kappa shape index (κ1) is 15.8. The third-order valence-electron chi connectivity index (χ3n) is 3.49. The number of carbonyl (C=O) groups is 2.